The molecule has 2 atom stereocenters. The number of nitriles is 1. The average Bonchev–Trinajstić information content (AvgIpc) is 2.21. The molecule has 17 heavy (non-hydrogen) atoms. The number of rotatable bonds is 4. The van der Waals surface area contributed by atoms with Gasteiger partial charge in [0, 0.05) is 6.04 Å². The van der Waals surface area contributed by atoms with Gasteiger partial charge in [0.05, 0.1) is 11.5 Å². The second-order valence-electron chi connectivity index (χ2n) is 4.56. The standard InChI is InChI=1S/C10H16N2O4S/c1-10(9(13)14)5-3-2-4-8(10)12-17(15,16)7-6-11/h8,12H,2-5,7H2,1H3,(H,13,14). The van der Waals surface area contributed by atoms with Gasteiger partial charge in [0.25, 0.3) is 0 Å². The smallest absolute Gasteiger partial charge is 0.310 e. The van der Waals surface area contributed by atoms with Crippen LogP contribution in [0.2, 0.25) is 0 Å². The molecule has 1 fully saturated rings. The lowest BCUT2D eigenvalue weighted by atomic mass is 9.72. The van der Waals surface area contributed by atoms with Crippen LogP contribution in [0, 0.1) is 16.7 Å². The summed E-state index contributed by atoms with van der Waals surface area (Å²) in [5, 5.41) is 17.6. The van der Waals surface area contributed by atoms with Gasteiger partial charge in [0.1, 0.15) is 0 Å². The molecule has 0 heterocycles. The summed E-state index contributed by atoms with van der Waals surface area (Å²) in [6.45, 7) is 1.55. The number of aliphatic carboxylic acids is 1. The predicted molar refractivity (Wildman–Crippen MR) is 60.5 cm³/mol. The molecule has 0 aromatic heterocycles. The summed E-state index contributed by atoms with van der Waals surface area (Å²) in [6.07, 6.45) is 2.51. The van der Waals surface area contributed by atoms with Crippen molar-refractivity contribution in [3.63, 3.8) is 0 Å². The molecule has 0 bridgehead atoms. The molecule has 1 aliphatic rings. The molecule has 1 rings (SSSR count). The van der Waals surface area contributed by atoms with E-state index in [0.717, 1.165) is 12.8 Å². The zero-order valence-electron chi connectivity index (χ0n) is 9.64. The van der Waals surface area contributed by atoms with Crippen LogP contribution in [0.1, 0.15) is 32.6 Å². The molecule has 0 amide bonds. The lowest BCUT2D eigenvalue weighted by Gasteiger charge is -2.37. The summed E-state index contributed by atoms with van der Waals surface area (Å²) in [5.41, 5.74) is -1.08. The summed E-state index contributed by atoms with van der Waals surface area (Å²) in [7, 11) is -3.71. The van der Waals surface area contributed by atoms with Crippen LogP contribution in [-0.4, -0.2) is 31.3 Å². The molecule has 0 aromatic carbocycles. The Morgan fingerprint density at radius 3 is 2.76 bits per heavy atom. The van der Waals surface area contributed by atoms with Gasteiger partial charge >= 0.3 is 5.97 Å². The maximum absolute atomic E-state index is 11.5. The van der Waals surface area contributed by atoms with Gasteiger partial charge in [-0.2, -0.15) is 5.26 Å². The van der Waals surface area contributed by atoms with E-state index in [4.69, 9.17) is 5.26 Å². The van der Waals surface area contributed by atoms with E-state index in [0.29, 0.717) is 12.8 Å². The number of carbonyl (C=O) groups is 1. The number of carboxylic acid groups (broad SMARTS) is 1. The monoisotopic (exact) mass is 260 g/mol. The molecule has 0 radical (unpaired) electrons. The Bertz CT molecular complexity index is 440. The highest BCUT2D eigenvalue weighted by atomic mass is 32.2. The summed E-state index contributed by atoms with van der Waals surface area (Å²) in [6, 6.07) is 0.924. The summed E-state index contributed by atoms with van der Waals surface area (Å²) in [4.78, 5) is 11.2. The van der Waals surface area contributed by atoms with Crippen LogP contribution < -0.4 is 4.72 Å². The Morgan fingerprint density at radius 1 is 1.59 bits per heavy atom. The van der Waals surface area contributed by atoms with E-state index in [1.165, 1.54) is 0 Å². The highest BCUT2D eigenvalue weighted by molar-refractivity contribution is 7.89. The maximum Gasteiger partial charge on any atom is 0.310 e. The van der Waals surface area contributed by atoms with Gasteiger partial charge < -0.3 is 5.11 Å². The minimum absolute atomic E-state index is 0.447. The fraction of sp³-hybridized carbons (Fsp3) is 0.800. The fourth-order valence-corrected chi connectivity index (χ4v) is 3.19. The molecule has 0 spiro atoms. The van der Waals surface area contributed by atoms with E-state index in [2.05, 4.69) is 4.72 Å². The van der Waals surface area contributed by atoms with Crippen molar-refractivity contribution in [2.24, 2.45) is 5.41 Å². The first-order valence-corrected chi connectivity index (χ1v) is 7.07. The normalized spacial score (nSPS) is 29.5. The molecule has 0 aliphatic heterocycles. The minimum Gasteiger partial charge on any atom is -0.481 e. The Hall–Kier alpha value is -1.13. The first-order chi connectivity index (χ1) is 7.82. The van der Waals surface area contributed by atoms with Crippen LogP contribution >= 0.6 is 0 Å². The zero-order valence-corrected chi connectivity index (χ0v) is 10.5. The maximum atomic E-state index is 11.5. The third-order valence-corrected chi connectivity index (χ3v) is 4.43. The second-order valence-corrected chi connectivity index (χ2v) is 6.31. The molecule has 0 aromatic rings. The van der Waals surface area contributed by atoms with Gasteiger partial charge in [0.2, 0.25) is 10.0 Å². The van der Waals surface area contributed by atoms with E-state index in [1.807, 2.05) is 0 Å². The molecule has 96 valence electrons. The van der Waals surface area contributed by atoms with Crippen molar-refractivity contribution in [3.8, 4) is 6.07 Å². The van der Waals surface area contributed by atoms with Crippen molar-refractivity contribution in [1.29, 1.82) is 5.26 Å². The zero-order chi connectivity index (χ0) is 13.1. The molecule has 6 nitrogen and oxygen atoms in total. The fourth-order valence-electron chi connectivity index (χ4n) is 2.12. The van der Waals surface area contributed by atoms with Gasteiger partial charge in [-0.15, -0.1) is 0 Å². The van der Waals surface area contributed by atoms with Gasteiger partial charge in [-0.1, -0.05) is 12.8 Å². The van der Waals surface area contributed by atoms with Gasteiger partial charge in [-0.3, -0.25) is 4.79 Å². The Morgan fingerprint density at radius 2 is 2.24 bits per heavy atom. The van der Waals surface area contributed by atoms with E-state index < -0.39 is 33.2 Å². The van der Waals surface area contributed by atoms with E-state index in [1.54, 1.807) is 13.0 Å². The summed E-state index contributed by atoms with van der Waals surface area (Å²) >= 11 is 0. The highest BCUT2D eigenvalue weighted by Gasteiger charge is 2.44. The Labute approximate surface area is 101 Å². The number of carboxylic acids is 1. The largest absolute Gasteiger partial charge is 0.481 e. The van der Waals surface area contributed by atoms with Crippen molar-refractivity contribution in [3.05, 3.63) is 0 Å². The molecule has 2 unspecified atom stereocenters. The second kappa shape index (κ2) is 5.02. The number of hydrogen-bond donors (Lipinski definition) is 2. The van der Waals surface area contributed by atoms with Crippen molar-refractivity contribution in [2.45, 2.75) is 38.6 Å². The van der Waals surface area contributed by atoms with Gasteiger partial charge in [0.15, 0.2) is 5.75 Å². The predicted octanol–water partition coefficient (Wildman–Crippen LogP) is 0.463. The number of sulfonamides is 1. The molecule has 0 saturated heterocycles. The topological polar surface area (TPSA) is 107 Å². The lowest BCUT2D eigenvalue weighted by Crippen LogP contribution is -2.52. The van der Waals surface area contributed by atoms with E-state index >= 15 is 0 Å². The number of nitrogens with one attached hydrogen (secondary N) is 1. The molecular weight excluding hydrogens is 244 g/mol. The number of hydrogen-bond acceptors (Lipinski definition) is 4. The third-order valence-electron chi connectivity index (χ3n) is 3.27. The van der Waals surface area contributed by atoms with Crippen LogP contribution in [0.4, 0.5) is 0 Å². The SMILES string of the molecule is CC1(C(=O)O)CCCCC1NS(=O)(=O)CC#N. The molecular formula is C10H16N2O4S. The van der Waals surface area contributed by atoms with E-state index in [9.17, 15) is 18.3 Å². The summed E-state index contributed by atoms with van der Waals surface area (Å²) < 4.78 is 25.3. The first kappa shape index (κ1) is 13.9. The van der Waals surface area contributed by atoms with Crippen LogP contribution in [0.15, 0.2) is 0 Å². The molecule has 2 N–H and O–H groups in total. The van der Waals surface area contributed by atoms with Gasteiger partial charge in [-0.25, -0.2) is 13.1 Å². The van der Waals surface area contributed by atoms with Crippen LogP contribution in [0.5, 0.6) is 0 Å². The average molecular weight is 260 g/mol. The number of nitrogens with zero attached hydrogens (tertiary/aromatic N) is 1. The Kier molecular flexibility index (Phi) is 4.11. The molecule has 1 aliphatic carbocycles. The molecule has 1 saturated carbocycles. The lowest BCUT2D eigenvalue weighted by molar-refractivity contribution is -0.151. The summed E-state index contributed by atoms with van der Waals surface area (Å²) in [5.74, 6) is -1.64. The van der Waals surface area contributed by atoms with Gasteiger partial charge in [-0.05, 0) is 19.8 Å². The molecule has 7 heteroatoms. The van der Waals surface area contributed by atoms with Crippen molar-refractivity contribution < 1.29 is 18.3 Å². The minimum atomic E-state index is -3.71. The van der Waals surface area contributed by atoms with Crippen LogP contribution in [0.3, 0.4) is 0 Å². The first-order valence-electron chi connectivity index (χ1n) is 5.42. The highest BCUT2D eigenvalue weighted by Crippen LogP contribution is 2.36. The third kappa shape index (κ3) is 3.17. The van der Waals surface area contributed by atoms with Crippen LogP contribution in [0.25, 0.3) is 0 Å². The van der Waals surface area contributed by atoms with Crippen molar-refractivity contribution in [2.75, 3.05) is 5.75 Å². The van der Waals surface area contributed by atoms with Crippen molar-refractivity contribution >= 4 is 16.0 Å². The van der Waals surface area contributed by atoms with Crippen molar-refractivity contribution in [1.82, 2.24) is 4.72 Å². The van der Waals surface area contributed by atoms with E-state index in [-0.39, 0.29) is 0 Å². The van der Waals surface area contributed by atoms with Crippen LogP contribution in [-0.2, 0) is 14.8 Å². The Balaban J connectivity index is 2.88. The quantitative estimate of drug-likeness (QED) is 0.763.